The molecule has 0 radical (unpaired) electrons. The Morgan fingerprint density at radius 2 is 2.35 bits per heavy atom. The van der Waals surface area contributed by atoms with Crippen molar-refractivity contribution in [1.29, 1.82) is 0 Å². The Balaban J connectivity index is 2.15. The number of rotatable bonds is 4. The van der Waals surface area contributed by atoms with Crippen molar-refractivity contribution in [2.45, 2.75) is 18.5 Å². The van der Waals surface area contributed by atoms with Gasteiger partial charge < -0.3 is 10.5 Å². The summed E-state index contributed by atoms with van der Waals surface area (Å²) < 4.78 is 18.3. The highest BCUT2D eigenvalue weighted by Gasteiger charge is 2.32. The maximum atomic E-state index is 13.2. The molecule has 1 fully saturated rings. The van der Waals surface area contributed by atoms with E-state index in [4.69, 9.17) is 10.5 Å². The monoisotopic (exact) mass is 238 g/mol. The van der Waals surface area contributed by atoms with Crippen LogP contribution in [0.25, 0.3) is 0 Å². The van der Waals surface area contributed by atoms with Crippen molar-refractivity contribution in [3.8, 4) is 0 Å². The lowest BCUT2D eigenvalue weighted by Gasteiger charge is -2.26. The van der Waals surface area contributed by atoms with E-state index in [2.05, 4.69) is 4.90 Å². The molecule has 0 aliphatic carbocycles. The Bertz CT molecular complexity index is 372. The molecule has 2 unspecified atom stereocenters. The molecular weight excluding hydrogens is 219 g/mol. The third-order valence-electron chi connectivity index (χ3n) is 3.32. The summed E-state index contributed by atoms with van der Waals surface area (Å²) in [6, 6.07) is 6.91. The molecule has 4 heteroatoms. The van der Waals surface area contributed by atoms with Gasteiger partial charge in [0.15, 0.2) is 0 Å². The topological polar surface area (TPSA) is 38.5 Å². The summed E-state index contributed by atoms with van der Waals surface area (Å²) in [7, 11) is 1.69. The minimum absolute atomic E-state index is 0.0775. The molecule has 1 heterocycles. The van der Waals surface area contributed by atoms with E-state index >= 15 is 0 Å². The summed E-state index contributed by atoms with van der Waals surface area (Å²) in [5.74, 6) is -0.201. The van der Waals surface area contributed by atoms with Gasteiger partial charge in [0, 0.05) is 26.2 Å². The minimum Gasteiger partial charge on any atom is -0.383 e. The van der Waals surface area contributed by atoms with E-state index in [1.165, 1.54) is 6.07 Å². The van der Waals surface area contributed by atoms with Crippen molar-refractivity contribution >= 4 is 0 Å². The zero-order chi connectivity index (χ0) is 12.3. The zero-order valence-corrected chi connectivity index (χ0v) is 10.1. The molecule has 2 N–H and O–H groups in total. The van der Waals surface area contributed by atoms with Crippen LogP contribution in [0.3, 0.4) is 0 Å². The van der Waals surface area contributed by atoms with E-state index in [0.717, 1.165) is 25.1 Å². The summed E-state index contributed by atoms with van der Waals surface area (Å²) in [5, 5.41) is 0. The molecule has 0 bridgehead atoms. The predicted octanol–water partition coefficient (Wildman–Crippen LogP) is 1.55. The molecule has 1 aromatic carbocycles. The van der Waals surface area contributed by atoms with Gasteiger partial charge in [-0.05, 0) is 24.1 Å². The number of nitrogens with two attached hydrogens (primary N) is 1. The van der Waals surface area contributed by atoms with Gasteiger partial charge in [-0.2, -0.15) is 0 Å². The molecule has 1 aliphatic heterocycles. The summed E-state index contributed by atoms with van der Waals surface area (Å²) in [6.45, 7) is 2.47. The van der Waals surface area contributed by atoms with Crippen LogP contribution < -0.4 is 5.73 Å². The summed E-state index contributed by atoms with van der Waals surface area (Å²) in [6.07, 6.45) is 0.949. The molecular formula is C13H19FN2O. The van der Waals surface area contributed by atoms with Crippen molar-refractivity contribution < 1.29 is 9.13 Å². The number of ether oxygens (including phenoxy) is 1. The van der Waals surface area contributed by atoms with Gasteiger partial charge in [0.1, 0.15) is 5.82 Å². The number of hydrogen-bond donors (Lipinski definition) is 1. The lowest BCUT2D eigenvalue weighted by atomic mass is 10.0. The van der Waals surface area contributed by atoms with Crippen LogP contribution in [-0.2, 0) is 4.74 Å². The van der Waals surface area contributed by atoms with E-state index in [-0.39, 0.29) is 17.9 Å². The number of methoxy groups -OCH3 is 1. The summed E-state index contributed by atoms with van der Waals surface area (Å²) in [4.78, 5) is 2.27. The van der Waals surface area contributed by atoms with Crippen LogP contribution in [0, 0.1) is 5.82 Å². The molecule has 1 aromatic rings. The average molecular weight is 238 g/mol. The van der Waals surface area contributed by atoms with Crippen LogP contribution in [0.5, 0.6) is 0 Å². The Kier molecular flexibility index (Phi) is 4.10. The largest absolute Gasteiger partial charge is 0.383 e. The van der Waals surface area contributed by atoms with Gasteiger partial charge in [0.25, 0.3) is 0 Å². The molecule has 17 heavy (non-hydrogen) atoms. The zero-order valence-electron chi connectivity index (χ0n) is 10.1. The third-order valence-corrected chi connectivity index (χ3v) is 3.32. The van der Waals surface area contributed by atoms with Gasteiger partial charge in [0.05, 0.1) is 12.6 Å². The van der Waals surface area contributed by atoms with E-state index < -0.39 is 0 Å². The number of benzene rings is 1. The number of halogens is 1. The van der Waals surface area contributed by atoms with Crippen molar-refractivity contribution in [2.24, 2.45) is 5.73 Å². The van der Waals surface area contributed by atoms with Crippen molar-refractivity contribution in [2.75, 3.05) is 26.8 Å². The SMILES string of the molecule is COCCN1CCC(N)C1c1cccc(F)c1. The molecule has 1 saturated heterocycles. The van der Waals surface area contributed by atoms with Gasteiger partial charge in [-0.15, -0.1) is 0 Å². The molecule has 94 valence electrons. The fraction of sp³-hybridized carbons (Fsp3) is 0.538. The van der Waals surface area contributed by atoms with Crippen molar-refractivity contribution in [3.63, 3.8) is 0 Å². The second kappa shape index (κ2) is 5.58. The van der Waals surface area contributed by atoms with Crippen molar-refractivity contribution in [1.82, 2.24) is 4.90 Å². The first-order valence-electron chi connectivity index (χ1n) is 5.96. The van der Waals surface area contributed by atoms with E-state index in [1.54, 1.807) is 19.2 Å². The molecule has 0 aromatic heterocycles. The molecule has 2 atom stereocenters. The Morgan fingerprint density at radius 3 is 3.06 bits per heavy atom. The van der Waals surface area contributed by atoms with Gasteiger partial charge in [-0.1, -0.05) is 12.1 Å². The van der Waals surface area contributed by atoms with E-state index in [1.807, 2.05) is 6.07 Å². The molecule has 3 nitrogen and oxygen atoms in total. The van der Waals surface area contributed by atoms with Gasteiger partial charge in [-0.3, -0.25) is 4.90 Å². The third kappa shape index (κ3) is 2.83. The van der Waals surface area contributed by atoms with Gasteiger partial charge in [0.2, 0.25) is 0 Å². The first kappa shape index (κ1) is 12.5. The molecule has 0 spiro atoms. The van der Waals surface area contributed by atoms with Crippen LogP contribution in [0.1, 0.15) is 18.0 Å². The van der Waals surface area contributed by atoms with Gasteiger partial charge in [-0.25, -0.2) is 4.39 Å². The number of nitrogens with zero attached hydrogens (tertiary/aromatic N) is 1. The van der Waals surface area contributed by atoms with Crippen LogP contribution in [0.4, 0.5) is 4.39 Å². The molecule has 0 amide bonds. The lowest BCUT2D eigenvalue weighted by molar-refractivity contribution is 0.139. The fourth-order valence-corrected chi connectivity index (χ4v) is 2.49. The Labute approximate surface area is 101 Å². The highest BCUT2D eigenvalue weighted by atomic mass is 19.1. The van der Waals surface area contributed by atoms with Crippen LogP contribution in [-0.4, -0.2) is 37.7 Å². The Hall–Kier alpha value is -0.970. The quantitative estimate of drug-likeness (QED) is 0.865. The van der Waals surface area contributed by atoms with Crippen LogP contribution in [0.15, 0.2) is 24.3 Å². The normalized spacial score (nSPS) is 25.4. The van der Waals surface area contributed by atoms with E-state index in [0.29, 0.717) is 6.61 Å². The highest BCUT2D eigenvalue weighted by Crippen LogP contribution is 2.30. The second-order valence-electron chi connectivity index (χ2n) is 4.48. The van der Waals surface area contributed by atoms with Crippen LogP contribution in [0.2, 0.25) is 0 Å². The van der Waals surface area contributed by atoms with Crippen molar-refractivity contribution in [3.05, 3.63) is 35.6 Å². The smallest absolute Gasteiger partial charge is 0.123 e. The Morgan fingerprint density at radius 1 is 1.53 bits per heavy atom. The summed E-state index contributed by atoms with van der Waals surface area (Å²) >= 11 is 0. The second-order valence-corrected chi connectivity index (χ2v) is 4.48. The maximum Gasteiger partial charge on any atom is 0.123 e. The number of likely N-dealkylation sites (tertiary alicyclic amines) is 1. The molecule has 0 saturated carbocycles. The lowest BCUT2D eigenvalue weighted by Crippen LogP contribution is -2.33. The number of hydrogen-bond acceptors (Lipinski definition) is 3. The minimum atomic E-state index is -0.201. The highest BCUT2D eigenvalue weighted by molar-refractivity contribution is 5.23. The van der Waals surface area contributed by atoms with Gasteiger partial charge >= 0.3 is 0 Å². The molecule has 1 aliphatic rings. The predicted molar refractivity (Wildman–Crippen MR) is 65.2 cm³/mol. The standard InChI is InChI=1S/C13H19FN2O/c1-17-8-7-16-6-5-12(15)13(16)10-3-2-4-11(14)9-10/h2-4,9,12-13H,5-8,15H2,1H3. The molecule has 2 rings (SSSR count). The van der Waals surface area contributed by atoms with E-state index in [9.17, 15) is 4.39 Å². The fourth-order valence-electron chi connectivity index (χ4n) is 2.49. The average Bonchev–Trinajstić information content (AvgIpc) is 2.68. The first-order valence-corrected chi connectivity index (χ1v) is 5.96. The van der Waals surface area contributed by atoms with Crippen LogP contribution >= 0.6 is 0 Å². The first-order chi connectivity index (χ1) is 8.22. The maximum absolute atomic E-state index is 13.2. The summed E-state index contributed by atoms with van der Waals surface area (Å²) in [5.41, 5.74) is 7.08.